The van der Waals surface area contributed by atoms with Crippen LogP contribution in [0.25, 0.3) is 17.1 Å². The first-order chi connectivity index (χ1) is 16.2. The van der Waals surface area contributed by atoms with E-state index in [1.807, 2.05) is 24.3 Å². The highest BCUT2D eigenvalue weighted by molar-refractivity contribution is 6.31. The molecular weight excluding hydrogens is 424 g/mol. The first-order valence-electron chi connectivity index (χ1n) is 11.7. The van der Waals surface area contributed by atoms with Gasteiger partial charge in [0.25, 0.3) is 0 Å². The standard InChI is InChI=1S/C30H29ClN2/c1-2-25-16-11-18-28-30(25)33-29(32-28)19-9-4-3-6-14-24-20-21-26(27(31)22-24)17-10-15-23-12-7-5-8-13-23/h1,5,7-8,10-13,15-16,18,20-22H,3-4,6,9,14,17,19H2,(H,32,33). The Balaban J connectivity index is 1.18. The van der Waals surface area contributed by atoms with Crippen LogP contribution in [0.5, 0.6) is 0 Å². The van der Waals surface area contributed by atoms with Crippen LogP contribution < -0.4 is 0 Å². The Morgan fingerprint density at radius 3 is 2.52 bits per heavy atom. The van der Waals surface area contributed by atoms with Gasteiger partial charge in [-0.2, -0.15) is 0 Å². The summed E-state index contributed by atoms with van der Waals surface area (Å²) in [6, 6.07) is 22.8. The molecular formula is C30H29ClN2. The van der Waals surface area contributed by atoms with Crippen LogP contribution in [0.15, 0.2) is 72.8 Å². The average molecular weight is 453 g/mol. The van der Waals surface area contributed by atoms with Crippen molar-refractivity contribution >= 4 is 28.7 Å². The van der Waals surface area contributed by atoms with Crippen LogP contribution in [-0.2, 0) is 19.3 Å². The van der Waals surface area contributed by atoms with Crippen molar-refractivity contribution < 1.29 is 0 Å². The number of fused-ring (bicyclic) bond motifs is 1. The molecule has 0 aliphatic heterocycles. The average Bonchev–Trinajstić information content (AvgIpc) is 3.26. The van der Waals surface area contributed by atoms with Crippen molar-refractivity contribution in [3.05, 3.63) is 106 Å². The topological polar surface area (TPSA) is 28.7 Å². The van der Waals surface area contributed by atoms with Gasteiger partial charge in [0.15, 0.2) is 0 Å². The minimum atomic E-state index is 0.846. The smallest absolute Gasteiger partial charge is 0.107 e. The third-order valence-electron chi connectivity index (χ3n) is 5.91. The molecule has 1 N–H and O–H groups in total. The molecule has 2 nitrogen and oxygen atoms in total. The number of para-hydroxylation sites is 1. The molecule has 3 aromatic carbocycles. The van der Waals surface area contributed by atoms with E-state index in [4.69, 9.17) is 18.0 Å². The molecule has 0 saturated carbocycles. The summed E-state index contributed by atoms with van der Waals surface area (Å²) in [5.74, 6) is 3.74. The highest BCUT2D eigenvalue weighted by atomic mass is 35.5. The van der Waals surface area contributed by atoms with E-state index in [1.165, 1.54) is 36.0 Å². The van der Waals surface area contributed by atoms with Gasteiger partial charge < -0.3 is 4.98 Å². The Hall–Kier alpha value is -3.28. The molecule has 166 valence electrons. The van der Waals surface area contributed by atoms with E-state index in [2.05, 4.69) is 70.5 Å². The Morgan fingerprint density at radius 1 is 0.909 bits per heavy atom. The predicted molar refractivity (Wildman–Crippen MR) is 141 cm³/mol. The van der Waals surface area contributed by atoms with E-state index in [0.717, 1.165) is 53.1 Å². The van der Waals surface area contributed by atoms with Gasteiger partial charge in [0.2, 0.25) is 0 Å². The summed E-state index contributed by atoms with van der Waals surface area (Å²) in [7, 11) is 0. The molecule has 1 aromatic heterocycles. The summed E-state index contributed by atoms with van der Waals surface area (Å²) in [6.07, 6.45) is 17.4. The molecule has 0 spiro atoms. The van der Waals surface area contributed by atoms with Gasteiger partial charge in [0.05, 0.1) is 11.1 Å². The number of nitrogens with one attached hydrogen (secondary N) is 1. The Labute approximate surface area is 201 Å². The molecule has 0 aliphatic carbocycles. The lowest BCUT2D eigenvalue weighted by atomic mass is 10.0. The molecule has 0 unspecified atom stereocenters. The van der Waals surface area contributed by atoms with Crippen LogP contribution in [0.1, 0.15) is 53.8 Å². The number of terminal acetylenes is 1. The monoisotopic (exact) mass is 452 g/mol. The van der Waals surface area contributed by atoms with Crippen molar-refractivity contribution in [2.75, 3.05) is 0 Å². The fourth-order valence-corrected chi connectivity index (χ4v) is 4.37. The quantitative estimate of drug-likeness (QED) is 0.193. The van der Waals surface area contributed by atoms with Gasteiger partial charge in [-0.15, -0.1) is 6.42 Å². The number of imidazole rings is 1. The summed E-state index contributed by atoms with van der Waals surface area (Å²) < 4.78 is 0. The van der Waals surface area contributed by atoms with E-state index in [-0.39, 0.29) is 0 Å². The summed E-state index contributed by atoms with van der Waals surface area (Å²) >= 11 is 6.54. The number of hydrogen-bond donors (Lipinski definition) is 1. The zero-order chi connectivity index (χ0) is 22.9. The largest absolute Gasteiger partial charge is 0.342 e. The van der Waals surface area contributed by atoms with Gasteiger partial charge in [-0.25, -0.2) is 4.98 Å². The number of nitrogens with zero attached hydrogens (tertiary/aromatic N) is 1. The number of benzene rings is 3. The number of hydrogen-bond acceptors (Lipinski definition) is 1. The normalized spacial score (nSPS) is 11.3. The van der Waals surface area contributed by atoms with Crippen LogP contribution >= 0.6 is 11.6 Å². The minimum absolute atomic E-state index is 0.846. The lowest BCUT2D eigenvalue weighted by molar-refractivity contribution is 0.632. The van der Waals surface area contributed by atoms with Crippen molar-refractivity contribution in [1.82, 2.24) is 9.97 Å². The SMILES string of the molecule is C#Cc1cccc2[nH]c(CCCCCCc3ccc(CC=Cc4ccccc4)c(Cl)c3)nc12. The Morgan fingerprint density at radius 2 is 1.73 bits per heavy atom. The molecule has 1 heterocycles. The van der Waals surface area contributed by atoms with Crippen molar-refractivity contribution in [3.8, 4) is 12.3 Å². The van der Waals surface area contributed by atoms with E-state index in [9.17, 15) is 0 Å². The summed E-state index contributed by atoms with van der Waals surface area (Å²) in [4.78, 5) is 8.08. The van der Waals surface area contributed by atoms with Crippen LogP contribution in [-0.4, -0.2) is 9.97 Å². The van der Waals surface area contributed by atoms with Crippen molar-refractivity contribution in [2.24, 2.45) is 0 Å². The van der Waals surface area contributed by atoms with Gasteiger partial charge in [0.1, 0.15) is 11.3 Å². The second-order valence-electron chi connectivity index (χ2n) is 8.39. The number of H-pyrrole nitrogens is 1. The van der Waals surface area contributed by atoms with E-state index >= 15 is 0 Å². The predicted octanol–water partition coefficient (Wildman–Crippen LogP) is 7.80. The second kappa shape index (κ2) is 11.5. The third-order valence-corrected chi connectivity index (χ3v) is 6.26. The molecule has 0 bridgehead atoms. The maximum absolute atomic E-state index is 6.54. The molecule has 33 heavy (non-hydrogen) atoms. The lowest BCUT2D eigenvalue weighted by Crippen LogP contribution is -1.91. The van der Waals surface area contributed by atoms with Gasteiger partial charge in [-0.1, -0.05) is 91.0 Å². The zero-order valence-corrected chi connectivity index (χ0v) is 19.6. The number of rotatable bonds is 10. The lowest BCUT2D eigenvalue weighted by Gasteiger charge is -2.06. The highest BCUT2D eigenvalue weighted by Gasteiger charge is 2.06. The fourth-order valence-electron chi connectivity index (χ4n) is 4.09. The molecule has 0 aliphatic rings. The molecule has 4 aromatic rings. The van der Waals surface area contributed by atoms with Crippen molar-refractivity contribution in [3.63, 3.8) is 0 Å². The molecule has 3 heteroatoms. The van der Waals surface area contributed by atoms with Crippen LogP contribution in [0, 0.1) is 12.3 Å². The number of halogens is 1. The van der Waals surface area contributed by atoms with Crippen molar-refractivity contribution in [2.45, 2.75) is 44.9 Å². The van der Waals surface area contributed by atoms with Gasteiger partial charge in [0, 0.05) is 11.4 Å². The maximum Gasteiger partial charge on any atom is 0.107 e. The highest BCUT2D eigenvalue weighted by Crippen LogP contribution is 2.21. The van der Waals surface area contributed by atoms with Gasteiger partial charge in [-0.3, -0.25) is 0 Å². The van der Waals surface area contributed by atoms with Crippen molar-refractivity contribution in [1.29, 1.82) is 0 Å². The zero-order valence-electron chi connectivity index (χ0n) is 18.9. The molecule has 0 amide bonds. The Kier molecular flexibility index (Phi) is 8.01. The minimum Gasteiger partial charge on any atom is -0.342 e. The number of aromatic nitrogens is 2. The first kappa shape index (κ1) is 22.9. The van der Waals surface area contributed by atoms with Crippen LogP contribution in [0.2, 0.25) is 5.02 Å². The molecule has 4 rings (SSSR count). The third kappa shape index (κ3) is 6.37. The number of unbranched alkanes of at least 4 members (excludes halogenated alkanes) is 3. The van der Waals surface area contributed by atoms with Gasteiger partial charge >= 0.3 is 0 Å². The molecule has 0 saturated heterocycles. The number of allylic oxidation sites excluding steroid dienone is 1. The van der Waals surface area contributed by atoms with Gasteiger partial charge in [-0.05, 0) is 60.6 Å². The summed E-state index contributed by atoms with van der Waals surface area (Å²) in [5.41, 5.74) is 6.48. The van der Waals surface area contributed by atoms with Crippen LogP contribution in [0.3, 0.4) is 0 Å². The second-order valence-corrected chi connectivity index (χ2v) is 8.79. The number of aromatic amines is 1. The van der Waals surface area contributed by atoms with E-state index in [1.54, 1.807) is 0 Å². The summed E-state index contributed by atoms with van der Waals surface area (Å²) in [5, 5.41) is 0.862. The molecule has 0 radical (unpaired) electrons. The van der Waals surface area contributed by atoms with Crippen LogP contribution in [0.4, 0.5) is 0 Å². The summed E-state index contributed by atoms with van der Waals surface area (Å²) in [6.45, 7) is 0. The Bertz CT molecular complexity index is 1260. The molecule has 0 fully saturated rings. The fraction of sp³-hybridized carbons (Fsp3) is 0.233. The molecule has 0 atom stereocenters. The number of aryl methyl sites for hydroxylation is 2. The maximum atomic E-state index is 6.54. The first-order valence-corrected chi connectivity index (χ1v) is 12.0. The van der Waals surface area contributed by atoms with E-state index < -0.39 is 0 Å². The van der Waals surface area contributed by atoms with E-state index in [0.29, 0.717) is 0 Å².